The number of ether oxygens (including phenoxy) is 1. The van der Waals surface area contributed by atoms with Crippen molar-refractivity contribution in [2.24, 2.45) is 0 Å². The normalized spacial score (nSPS) is 21.5. The third-order valence-electron chi connectivity index (χ3n) is 4.25. The zero-order valence-electron chi connectivity index (χ0n) is 15.7. The number of fused-ring (bicyclic) bond motifs is 2. The average molecular weight is 410 g/mol. The van der Waals surface area contributed by atoms with E-state index in [-0.39, 0.29) is 22.7 Å². The molecule has 28 heavy (non-hydrogen) atoms. The van der Waals surface area contributed by atoms with Crippen molar-refractivity contribution < 1.29 is 24.3 Å². The van der Waals surface area contributed by atoms with Crippen molar-refractivity contribution in [1.82, 2.24) is 20.3 Å². The molecule has 2 aliphatic rings. The second kappa shape index (κ2) is 7.36. The number of amidine groups is 1. The predicted octanol–water partition coefficient (Wildman–Crippen LogP) is 1.85. The second-order valence-electron chi connectivity index (χ2n) is 7.56. The van der Waals surface area contributed by atoms with Crippen molar-refractivity contribution in [2.45, 2.75) is 51.3 Å². The van der Waals surface area contributed by atoms with Crippen molar-refractivity contribution in [3.63, 3.8) is 0 Å². The lowest BCUT2D eigenvalue weighted by Gasteiger charge is -2.30. The van der Waals surface area contributed by atoms with Gasteiger partial charge in [-0.15, -0.1) is 11.3 Å². The monoisotopic (exact) mass is 410 g/mol. The van der Waals surface area contributed by atoms with Gasteiger partial charge in [0, 0.05) is 11.9 Å². The van der Waals surface area contributed by atoms with Crippen LogP contribution in [0, 0.1) is 5.41 Å². The van der Waals surface area contributed by atoms with Crippen LogP contribution in [0.15, 0.2) is 5.38 Å². The molecule has 12 heteroatoms. The molecule has 4 N–H and O–H groups in total. The maximum atomic E-state index is 12.4. The SMILES string of the molecule is CC(C)(C)OC(=O)Nc1csc(C(=O)NC(=N)[C@@H]2CC[C@@H]3CN2C(=O)N3O)n1. The summed E-state index contributed by atoms with van der Waals surface area (Å²) in [5.74, 6) is -0.576. The first-order valence-electron chi connectivity index (χ1n) is 8.69. The molecule has 0 radical (unpaired) electrons. The maximum absolute atomic E-state index is 12.4. The fraction of sp³-hybridized carbons (Fsp3) is 0.562. The van der Waals surface area contributed by atoms with Gasteiger partial charge in [-0.2, -0.15) is 0 Å². The number of nitrogens with zero attached hydrogens (tertiary/aromatic N) is 3. The fourth-order valence-electron chi connectivity index (χ4n) is 3.05. The number of hydrogen-bond acceptors (Lipinski definition) is 8. The van der Waals surface area contributed by atoms with Crippen molar-refractivity contribution >= 4 is 41.0 Å². The van der Waals surface area contributed by atoms with Crippen molar-refractivity contribution in [3.05, 3.63) is 10.4 Å². The lowest BCUT2D eigenvalue weighted by Crippen LogP contribution is -2.50. The number of amides is 4. The van der Waals surface area contributed by atoms with Gasteiger partial charge in [0.15, 0.2) is 5.01 Å². The molecule has 2 bridgehead atoms. The number of carbonyl (C=O) groups excluding carboxylic acids is 3. The molecule has 4 amide bonds. The van der Waals surface area contributed by atoms with Gasteiger partial charge in [-0.25, -0.2) is 19.6 Å². The first-order chi connectivity index (χ1) is 13.0. The minimum Gasteiger partial charge on any atom is -0.444 e. The summed E-state index contributed by atoms with van der Waals surface area (Å²) in [7, 11) is 0. The van der Waals surface area contributed by atoms with Crippen LogP contribution in [0.2, 0.25) is 0 Å². The van der Waals surface area contributed by atoms with Gasteiger partial charge < -0.3 is 15.0 Å². The summed E-state index contributed by atoms with van der Waals surface area (Å²) in [6.07, 6.45) is 0.328. The van der Waals surface area contributed by atoms with Crippen LogP contribution in [0.4, 0.5) is 15.4 Å². The fourth-order valence-corrected chi connectivity index (χ4v) is 3.70. The largest absolute Gasteiger partial charge is 0.444 e. The maximum Gasteiger partial charge on any atom is 0.413 e. The Hall–Kier alpha value is -2.73. The van der Waals surface area contributed by atoms with E-state index >= 15 is 0 Å². The van der Waals surface area contributed by atoms with Gasteiger partial charge in [0.2, 0.25) is 0 Å². The van der Waals surface area contributed by atoms with Crippen molar-refractivity contribution in [1.29, 1.82) is 5.41 Å². The molecule has 0 saturated carbocycles. The minimum absolute atomic E-state index is 0.0565. The Morgan fingerprint density at radius 2 is 2.11 bits per heavy atom. The molecule has 3 rings (SSSR count). The molecule has 3 heterocycles. The minimum atomic E-state index is -0.685. The molecule has 2 fully saturated rings. The Kier molecular flexibility index (Phi) is 5.26. The number of urea groups is 1. The molecule has 0 aliphatic carbocycles. The van der Waals surface area contributed by atoms with Crippen LogP contribution in [0.5, 0.6) is 0 Å². The van der Waals surface area contributed by atoms with Crippen LogP contribution in [-0.4, -0.2) is 68.3 Å². The summed E-state index contributed by atoms with van der Waals surface area (Å²) in [6, 6.07) is -1.44. The van der Waals surface area contributed by atoms with Gasteiger partial charge in [-0.05, 0) is 33.6 Å². The molecule has 1 aromatic heterocycles. The van der Waals surface area contributed by atoms with Gasteiger partial charge in [-0.1, -0.05) is 0 Å². The average Bonchev–Trinajstić information content (AvgIpc) is 3.13. The number of piperidine rings is 1. The van der Waals surface area contributed by atoms with Crippen molar-refractivity contribution in [3.8, 4) is 0 Å². The van der Waals surface area contributed by atoms with Gasteiger partial charge in [0.05, 0.1) is 12.1 Å². The highest BCUT2D eigenvalue weighted by Crippen LogP contribution is 2.28. The Balaban J connectivity index is 1.58. The molecule has 11 nitrogen and oxygen atoms in total. The van der Waals surface area contributed by atoms with Gasteiger partial charge in [0.1, 0.15) is 17.3 Å². The smallest absolute Gasteiger partial charge is 0.413 e. The molecular weight excluding hydrogens is 388 g/mol. The standard InChI is InChI=1S/C16H22N6O5S/c1-16(2,3)27-14(24)19-10-7-28-13(18-10)12(23)20-11(17)9-5-4-8-6-21(9)15(25)22(8)26/h7-9,26H,4-6H2,1-3H3,(H,19,24)(H2,17,20,23)/t8-,9+/m1/s1. The van der Waals surface area contributed by atoms with Gasteiger partial charge in [0.25, 0.3) is 5.91 Å². The molecule has 0 aromatic carbocycles. The van der Waals surface area contributed by atoms with Crippen LogP contribution in [0.3, 0.4) is 0 Å². The quantitative estimate of drug-likeness (QED) is 0.340. The van der Waals surface area contributed by atoms with Gasteiger partial charge >= 0.3 is 12.1 Å². The molecule has 2 atom stereocenters. The van der Waals surface area contributed by atoms with Crippen molar-refractivity contribution in [2.75, 3.05) is 11.9 Å². The Labute approximate surface area is 165 Å². The third-order valence-corrected chi connectivity index (χ3v) is 5.09. The van der Waals surface area contributed by atoms with E-state index in [1.165, 1.54) is 10.3 Å². The van der Waals surface area contributed by atoms with Gasteiger partial charge in [-0.3, -0.25) is 20.7 Å². The van der Waals surface area contributed by atoms with E-state index in [4.69, 9.17) is 10.1 Å². The highest BCUT2D eigenvalue weighted by molar-refractivity contribution is 7.12. The van der Waals surface area contributed by atoms with Crippen LogP contribution >= 0.6 is 11.3 Å². The number of hydrogen-bond donors (Lipinski definition) is 4. The summed E-state index contributed by atoms with van der Waals surface area (Å²) in [5.41, 5.74) is -0.661. The number of thiazole rings is 1. The molecule has 1 aromatic rings. The van der Waals surface area contributed by atoms with E-state index in [9.17, 15) is 19.6 Å². The Bertz CT molecular complexity index is 819. The Morgan fingerprint density at radius 1 is 1.39 bits per heavy atom. The zero-order valence-corrected chi connectivity index (χ0v) is 16.5. The summed E-state index contributed by atoms with van der Waals surface area (Å²) in [4.78, 5) is 41.5. The van der Waals surface area contributed by atoms with E-state index in [0.717, 1.165) is 11.3 Å². The van der Waals surface area contributed by atoms with Crippen LogP contribution < -0.4 is 10.6 Å². The summed E-state index contributed by atoms with van der Waals surface area (Å²) in [5, 5.41) is 25.0. The van der Waals surface area contributed by atoms with E-state index in [0.29, 0.717) is 24.4 Å². The first kappa shape index (κ1) is 20.0. The van der Waals surface area contributed by atoms with E-state index < -0.39 is 29.7 Å². The predicted molar refractivity (Wildman–Crippen MR) is 99.7 cm³/mol. The lowest BCUT2D eigenvalue weighted by molar-refractivity contribution is -0.0583. The number of nitrogens with one attached hydrogen (secondary N) is 3. The summed E-state index contributed by atoms with van der Waals surface area (Å²) >= 11 is 1.00. The second-order valence-corrected chi connectivity index (χ2v) is 8.42. The third kappa shape index (κ3) is 4.22. The molecular formula is C16H22N6O5S. The molecule has 152 valence electrons. The van der Waals surface area contributed by atoms with E-state index in [2.05, 4.69) is 15.6 Å². The number of aromatic nitrogens is 1. The number of rotatable bonds is 3. The number of anilines is 1. The first-order valence-corrected chi connectivity index (χ1v) is 9.57. The van der Waals surface area contributed by atoms with Crippen LogP contribution in [0.25, 0.3) is 0 Å². The molecule has 2 saturated heterocycles. The highest BCUT2D eigenvalue weighted by atomic mass is 32.1. The summed E-state index contributed by atoms with van der Waals surface area (Å²) in [6.45, 7) is 5.51. The summed E-state index contributed by atoms with van der Waals surface area (Å²) < 4.78 is 5.12. The topological polar surface area (TPSA) is 148 Å². The number of hydroxylamine groups is 2. The zero-order chi connectivity index (χ0) is 20.6. The molecule has 2 aliphatic heterocycles. The lowest BCUT2D eigenvalue weighted by atomic mass is 10.00. The molecule has 0 spiro atoms. The highest BCUT2D eigenvalue weighted by Gasteiger charge is 2.46. The van der Waals surface area contributed by atoms with E-state index in [1.54, 1.807) is 20.8 Å². The van der Waals surface area contributed by atoms with E-state index in [1.807, 2.05) is 0 Å². The van der Waals surface area contributed by atoms with Crippen LogP contribution in [0.1, 0.15) is 43.4 Å². The number of carbonyl (C=O) groups is 3. The Morgan fingerprint density at radius 3 is 2.79 bits per heavy atom. The van der Waals surface area contributed by atoms with Crippen LogP contribution in [-0.2, 0) is 4.74 Å². The molecule has 0 unspecified atom stereocenters.